The van der Waals surface area contributed by atoms with E-state index in [1.165, 1.54) is 12.7 Å². The largest absolute Gasteiger partial charge is 0.493 e. The number of nitrogens with one attached hydrogen (secondary N) is 1. The highest BCUT2D eigenvalue weighted by molar-refractivity contribution is 5.92. The Morgan fingerprint density at radius 2 is 1.85 bits per heavy atom. The molecule has 1 saturated heterocycles. The number of piperidine rings is 1. The molecule has 0 bridgehead atoms. The minimum absolute atomic E-state index is 0.0266. The van der Waals surface area contributed by atoms with E-state index < -0.39 is 0 Å². The Morgan fingerprint density at radius 3 is 2.58 bits per heavy atom. The predicted molar refractivity (Wildman–Crippen MR) is 98.7 cm³/mol. The molecule has 1 aromatic heterocycles. The Labute approximate surface area is 153 Å². The van der Waals surface area contributed by atoms with Crippen LogP contribution < -0.4 is 14.8 Å². The van der Waals surface area contributed by atoms with Crippen LogP contribution in [-0.2, 0) is 6.54 Å². The fourth-order valence-corrected chi connectivity index (χ4v) is 3.01. The fraction of sp³-hybridized carbons (Fsp3) is 0.421. The van der Waals surface area contributed by atoms with Crippen LogP contribution in [0.3, 0.4) is 0 Å². The van der Waals surface area contributed by atoms with E-state index in [1.54, 1.807) is 20.3 Å². The van der Waals surface area contributed by atoms with Crippen molar-refractivity contribution in [2.45, 2.75) is 25.8 Å². The van der Waals surface area contributed by atoms with E-state index in [2.05, 4.69) is 15.3 Å². The van der Waals surface area contributed by atoms with Gasteiger partial charge in [-0.25, -0.2) is 9.97 Å². The van der Waals surface area contributed by atoms with Crippen LogP contribution in [0.5, 0.6) is 11.5 Å². The van der Waals surface area contributed by atoms with Gasteiger partial charge in [-0.15, -0.1) is 0 Å². The molecule has 3 rings (SSSR count). The van der Waals surface area contributed by atoms with E-state index in [0.717, 1.165) is 31.5 Å². The van der Waals surface area contributed by atoms with Crippen molar-refractivity contribution in [2.24, 2.45) is 0 Å². The second-order valence-electron chi connectivity index (χ2n) is 6.18. The Kier molecular flexibility index (Phi) is 5.88. The molecule has 0 radical (unpaired) electrons. The lowest BCUT2D eigenvalue weighted by Gasteiger charge is -2.26. The highest BCUT2D eigenvalue weighted by Crippen LogP contribution is 2.27. The van der Waals surface area contributed by atoms with E-state index in [9.17, 15) is 4.79 Å². The highest BCUT2D eigenvalue weighted by Gasteiger charge is 2.19. The van der Waals surface area contributed by atoms with E-state index >= 15 is 0 Å². The zero-order chi connectivity index (χ0) is 18.4. The number of methoxy groups -OCH3 is 2. The number of amides is 1. The fourth-order valence-electron chi connectivity index (χ4n) is 3.01. The van der Waals surface area contributed by atoms with Crippen LogP contribution in [0.15, 0.2) is 30.6 Å². The van der Waals surface area contributed by atoms with Gasteiger partial charge in [0.2, 0.25) is 0 Å². The van der Waals surface area contributed by atoms with Gasteiger partial charge in [-0.1, -0.05) is 6.07 Å². The van der Waals surface area contributed by atoms with Crippen LogP contribution in [0.2, 0.25) is 0 Å². The predicted octanol–water partition coefficient (Wildman–Crippen LogP) is 2.73. The molecule has 1 N–H and O–H groups in total. The SMILES string of the molecule is COc1ccc(CNc2cc(C(=O)N3CCCCC3)ncn2)cc1OC. The molecule has 1 aromatic carbocycles. The van der Waals surface area contributed by atoms with Gasteiger partial charge < -0.3 is 19.7 Å². The molecule has 7 heteroatoms. The molecule has 138 valence electrons. The summed E-state index contributed by atoms with van der Waals surface area (Å²) in [5.74, 6) is 1.96. The Hall–Kier alpha value is -2.83. The number of hydrogen-bond acceptors (Lipinski definition) is 6. The van der Waals surface area contributed by atoms with Crippen molar-refractivity contribution in [2.75, 3.05) is 32.6 Å². The highest BCUT2D eigenvalue weighted by atomic mass is 16.5. The molecule has 2 aromatic rings. The van der Waals surface area contributed by atoms with E-state index in [1.807, 2.05) is 23.1 Å². The van der Waals surface area contributed by atoms with Gasteiger partial charge in [0.05, 0.1) is 14.2 Å². The summed E-state index contributed by atoms with van der Waals surface area (Å²) in [6.45, 7) is 2.16. The summed E-state index contributed by atoms with van der Waals surface area (Å²) >= 11 is 0. The van der Waals surface area contributed by atoms with Crippen LogP contribution >= 0.6 is 0 Å². The van der Waals surface area contributed by atoms with Gasteiger partial charge in [0.25, 0.3) is 5.91 Å². The molecule has 1 aliphatic heterocycles. The van der Waals surface area contributed by atoms with Crippen molar-refractivity contribution in [1.82, 2.24) is 14.9 Å². The first-order valence-corrected chi connectivity index (χ1v) is 8.77. The Morgan fingerprint density at radius 1 is 1.08 bits per heavy atom. The van der Waals surface area contributed by atoms with Gasteiger partial charge >= 0.3 is 0 Å². The summed E-state index contributed by atoms with van der Waals surface area (Å²) in [6.07, 6.45) is 4.72. The number of rotatable bonds is 6. The maximum Gasteiger partial charge on any atom is 0.272 e. The average Bonchev–Trinajstić information content (AvgIpc) is 2.72. The van der Waals surface area contributed by atoms with Crippen molar-refractivity contribution in [1.29, 1.82) is 0 Å². The van der Waals surface area contributed by atoms with Crippen molar-refractivity contribution in [3.63, 3.8) is 0 Å². The van der Waals surface area contributed by atoms with Crippen molar-refractivity contribution >= 4 is 11.7 Å². The summed E-state index contributed by atoms with van der Waals surface area (Å²) in [6, 6.07) is 7.43. The van der Waals surface area contributed by atoms with Gasteiger partial charge in [-0.05, 0) is 37.0 Å². The van der Waals surface area contributed by atoms with Crippen molar-refractivity contribution < 1.29 is 14.3 Å². The lowest BCUT2D eigenvalue weighted by atomic mass is 10.1. The topological polar surface area (TPSA) is 76.6 Å². The van der Waals surface area contributed by atoms with Crippen LogP contribution in [0.25, 0.3) is 0 Å². The third-order valence-electron chi connectivity index (χ3n) is 4.45. The van der Waals surface area contributed by atoms with Crippen LogP contribution in [-0.4, -0.2) is 48.1 Å². The maximum atomic E-state index is 12.6. The first kappa shape index (κ1) is 18.0. The Balaban J connectivity index is 1.66. The first-order valence-electron chi connectivity index (χ1n) is 8.77. The Bertz CT molecular complexity index is 760. The number of carbonyl (C=O) groups excluding carboxylic acids is 1. The lowest BCUT2D eigenvalue weighted by molar-refractivity contribution is 0.0718. The van der Waals surface area contributed by atoms with Gasteiger partial charge in [0.15, 0.2) is 11.5 Å². The number of nitrogens with zero attached hydrogens (tertiary/aromatic N) is 3. The molecular formula is C19H24N4O3. The summed E-state index contributed by atoms with van der Waals surface area (Å²) < 4.78 is 10.6. The van der Waals surface area contributed by atoms with Crippen molar-refractivity contribution in [3.8, 4) is 11.5 Å². The molecule has 0 spiro atoms. The molecule has 0 aliphatic carbocycles. The van der Waals surface area contributed by atoms with Gasteiger partial charge in [-0.2, -0.15) is 0 Å². The summed E-state index contributed by atoms with van der Waals surface area (Å²) in [7, 11) is 3.22. The number of likely N-dealkylation sites (tertiary alicyclic amines) is 1. The zero-order valence-corrected chi connectivity index (χ0v) is 15.2. The molecular weight excluding hydrogens is 332 g/mol. The minimum Gasteiger partial charge on any atom is -0.493 e. The van der Waals surface area contributed by atoms with Crippen molar-refractivity contribution in [3.05, 3.63) is 41.9 Å². The number of aromatic nitrogens is 2. The average molecular weight is 356 g/mol. The molecule has 2 heterocycles. The van der Waals surface area contributed by atoms with Crippen LogP contribution in [0.4, 0.5) is 5.82 Å². The molecule has 0 saturated carbocycles. The van der Waals surface area contributed by atoms with Crippen LogP contribution in [0.1, 0.15) is 35.3 Å². The minimum atomic E-state index is -0.0266. The normalized spacial score (nSPS) is 14.0. The van der Waals surface area contributed by atoms with E-state index in [0.29, 0.717) is 29.6 Å². The second-order valence-corrected chi connectivity index (χ2v) is 6.18. The molecule has 1 fully saturated rings. The molecule has 0 atom stereocenters. The lowest BCUT2D eigenvalue weighted by Crippen LogP contribution is -2.36. The van der Waals surface area contributed by atoms with Gasteiger partial charge in [0.1, 0.15) is 17.8 Å². The first-order chi connectivity index (χ1) is 12.7. The third kappa shape index (κ3) is 4.22. The molecule has 26 heavy (non-hydrogen) atoms. The molecule has 1 amide bonds. The summed E-state index contributed by atoms with van der Waals surface area (Å²) in [5.41, 5.74) is 1.45. The zero-order valence-electron chi connectivity index (χ0n) is 15.2. The monoisotopic (exact) mass is 356 g/mol. The molecule has 1 aliphatic rings. The number of ether oxygens (including phenoxy) is 2. The number of benzene rings is 1. The van der Waals surface area contributed by atoms with Gasteiger partial charge in [0, 0.05) is 25.7 Å². The number of hydrogen-bond donors (Lipinski definition) is 1. The smallest absolute Gasteiger partial charge is 0.272 e. The standard InChI is InChI=1S/C19H24N4O3/c1-25-16-7-6-14(10-17(16)26-2)12-20-18-11-15(21-13-22-18)19(24)23-8-4-3-5-9-23/h6-7,10-11,13H,3-5,8-9,12H2,1-2H3,(H,20,21,22). The summed E-state index contributed by atoms with van der Waals surface area (Å²) in [4.78, 5) is 22.8. The van der Waals surface area contributed by atoms with Crippen LogP contribution in [0, 0.1) is 0 Å². The maximum absolute atomic E-state index is 12.6. The molecule has 7 nitrogen and oxygen atoms in total. The van der Waals surface area contributed by atoms with E-state index in [4.69, 9.17) is 9.47 Å². The number of anilines is 1. The quantitative estimate of drug-likeness (QED) is 0.858. The number of carbonyl (C=O) groups is 1. The third-order valence-corrected chi connectivity index (χ3v) is 4.45. The second kappa shape index (κ2) is 8.51. The van der Waals surface area contributed by atoms with Gasteiger partial charge in [-0.3, -0.25) is 4.79 Å². The van der Waals surface area contributed by atoms with E-state index in [-0.39, 0.29) is 5.91 Å². The summed E-state index contributed by atoms with van der Waals surface area (Å²) in [5, 5.41) is 3.23. The molecule has 0 unspecified atom stereocenters.